The van der Waals surface area contributed by atoms with Crippen molar-refractivity contribution in [1.29, 1.82) is 0 Å². The number of nitrogen functional groups attached to an aromatic ring is 1. The van der Waals surface area contributed by atoms with Crippen molar-refractivity contribution in [1.82, 2.24) is 4.98 Å². The van der Waals surface area contributed by atoms with Crippen LogP contribution in [-0.2, 0) is 0 Å². The average Bonchev–Trinajstić information content (AvgIpc) is 2.47. The molecule has 3 heteroatoms. The Bertz CT molecular complexity index is 586. The Hall–Kier alpha value is -1.77. The van der Waals surface area contributed by atoms with Crippen LogP contribution in [0.15, 0.2) is 30.5 Å². The van der Waals surface area contributed by atoms with Gasteiger partial charge in [0.05, 0.1) is 11.2 Å². The molecule has 0 radical (unpaired) electrons. The molecule has 0 atom stereocenters. The molecule has 2 aromatic rings. The maximum atomic E-state index is 5.99. The zero-order valence-corrected chi connectivity index (χ0v) is 12.1. The predicted octanol–water partition coefficient (Wildman–Crippen LogP) is 4.06. The number of anilines is 2. The number of para-hydroxylation sites is 1. The van der Waals surface area contributed by atoms with E-state index in [1.54, 1.807) is 0 Å². The van der Waals surface area contributed by atoms with E-state index in [1.807, 2.05) is 24.4 Å². The van der Waals surface area contributed by atoms with Gasteiger partial charge in [0.1, 0.15) is 0 Å². The average molecular weight is 269 g/mol. The van der Waals surface area contributed by atoms with Gasteiger partial charge in [-0.25, -0.2) is 0 Å². The van der Waals surface area contributed by atoms with Gasteiger partial charge in [-0.2, -0.15) is 0 Å². The molecule has 106 valence electrons. The number of nitrogens with one attached hydrogen (secondary N) is 1. The van der Waals surface area contributed by atoms with Gasteiger partial charge in [0.2, 0.25) is 0 Å². The van der Waals surface area contributed by atoms with Gasteiger partial charge in [0.25, 0.3) is 0 Å². The molecule has 20 heavy (non-hydrogen) atoms. The molecule has 3 N–H and O–H groups in total. The van der Waals surface area contributed by atoms with Gasteiger partial charge in [-0.3, -0.25) is 4.98 Å². The molecule has 1 saturated carbocycles. The van der Waals surface area contributed by atoms with Crippen molar-refractivity contribution in [3.05, 3.63) is 30.5 Å². The van der Waals surface area contributed by atoms with Crippen LogP contribution in [0.2, 0.25) is 0 Å². The first-order valence-electron chi connectivity index (χ1n) is 7.61. The van der Waals surface area contributed by atoms with Crippen molar-refractivity contribution in [2.75, 3.05) is 17.6 Å². The highest BCUT2D eigenvalue weighted by Crippen LogP contribution is 2.30. The highest BCUT2D eigenvalue weighted by molar-refractivity contribution is 5.97. The smallest absolute Gasteiger partial charge is 0.0951 e. The molecule has 0 aliphatic heterocycles. The lowest BCUT2D eigenvalue weighted by molar-refractivity contribution is 0.300. The second kappa shape index (κ2) is 5.70. The normalized spacial score (nSPS) is 22.9. The van der Waals surface area contributed by atoms with Gasteiger partial charge in [-0.1, -0.05) is 31.9 Å². The molecule has 0 amide bonds. The third-order valence-electron chi connectivity index (χ3n) is 4.52. The van der Waals surface area contributed by atoms with Crippen LogP contribution >= 0.6 is 0 Å². The summed E-state index contributed by atoms with van der Waals surface area (Å²) in [6.07, 6.45) is 7.27. The van der Waals surface area contributed by atoms with Crippen LogP contribution in [-0.4, -0.2) is 11.5 Å². The van der Waals surface area contributed by atoms with Crippen molar-refractivity contribution in [2.45, 2.75) is 32.6 Å². The molecule has 1 aromatic carbocycles. The Balaban J connectivity index is 1.73. The fourth-order valence-electron chi connectivity index (χ4n) is 3.14. The summed E-state index contributed by atoms with van der Waals surface area (Å²) in [5, 5.41) is 4.73. The van der Waals surface area contributed by atoms with E-state index in [4.69, 9.17) is 5.73 Å². The third-order valence-corrected chi connectivity index (χ3v) is 4.52. The minimum Gasteiger partial charge on any atom is -0.397 e. The molecule has 0 saturated heterocycles. The molecule has 1 aliphatic rings. The van der Waals surface area contributed by atoms with Crippen LogP contribution < -0.4 is 11.1 Å². The molecule has 3 nitrogen and oxygen atoms in total. The summed E-state index contributed by atoms with van der Waals surface area (Å²) < 4.78 is 0. The van der Waals surface area contributed by atoms with E-state index in [1.165, 1.54) is 25.7 Å². The zero-order chi connectivity index (χ0) is 13.9. The largest absolute Gasteiger partial charge is 0.397 e. The Labute approximate surface area is 120 Å². The molecule has 0 bridgehead atoms. The van der Waals surface area contributed by atoms with Gasteiger partial charge in [0, 0.05) is 23.8 Å². The third kappa shape index (κ3) is 2.72. The molecule has 1 aliphatic carbocycles. The SMILES string of the molecule is CC1CCC(CNc2ccnc3c(N)cccc23)CC1. The van der Waals surface area contributed by atoms with Crippen molar-refractivity contribution < 1.29 is 0 Å². The van der Waals surface area contributed by atoms with Crippen molar-refractivity contribution in [3.63, 3.8) is 0 Å². The Morgan fingerprint density at radius 1 is 1.20 bits per heavy atom. The molecular formula is C17H23N3. The summed E-state index contributed by atoms with van der Waals surface area (Å²) in [5.41, 5.74) is 8.79. The first-order valence-corrected chi connectivity index (χ1v) is 7.61. The van der Waals surface area contributed by atoms with Gasteiger partial charge < -0.3 is 11.1 Å². The lowest BCUT2D eigenvalue weighted by Crippen LogP contribution is -2.20. The summed E-state index contributed by atoms with van der Waals surface area (Å²) >= 11 is 0. The van der Waals surface area contributed by atoms with Crippen LogP contribution in [0.4, 0.5) is 11.4 Å². The molecule has 0 unspecified atom stereocenters. The van der Waals surface area contributed by atoms with Gasteiger partial charge in [-0.15, -0.1) is 0 Å². The predicted molar refractivity (Wildman–Crippen MR) is 85.8 cm³/mol. The van der Waals surface area contributed by atoms with E-state index in [0.29, 0.717) is 0 Å². The van der Waals surface area contributed by atoms with E-state index < -0.39 is 0 Å². The lowest BCUT2D eigenvalue weighted by atomic mass is 9.83. The second-order valence-corrected chi connectivity index (χ2v) is 6.11. The number of pyridine rings is 1. The lowest BCUT2D eigenvalue weighted by Gasteiger charge is -2.26. The number of rotatable bonds is 3. The first-order chi connectivity index (χ1) is 9.74. The number of nitrogens with zero attached hydrogens (tertiary/aromatic N) is 1. The monoisotopic (exact) mass is 269 g/mol. The fourth-order valence-corrected chi connectivity index (χ4v) is 3.14. The number of hydrogen-bond acceptors (Lipinski definition) is 3. The van der Waals surface area contributed by atoms with Gasteiger partial charge in [-0.05, 0) is 36.8 Å². The molecule has 3 rings (SSSR count). The van der Waals surface area contributed by atoms with Crippen LogP contribution in [0, 0.1) is 11.8 Å². The minimum absolute atomic E-state index is 0.748. The summed E-state index contributed by atoms with van der Waals surface area (Å²) in [4.78, 5) is 4.38. The number of hydrogen-bond donors (Lipinski definition) is 2. The van der Waals surface area contributed by atoms with E-state index in [2.05, 4.69) is 23.3 Å². The summed E-state index contributed by atoms with van der Waals surface area (Å²) in [6, 6.07) is 8.03. The molecule has 1 aromatic heterocycles. The van der Waals surface area contributed by atoms with E-state index in [0.717, 1.165) is 40.7 Å². The Morgan fingerprint density at radius 3 is 2.80 bits per heavy atom. The molecular weight excluding hydrogens is 246 g/mol. The van der Waals surface area contributed by atoms with Crippen molar-refractivity contribution in [3.8, 4) is 0 Å². The summed E-state index contributed by atoms with van der Waals surface area (Å²) in [5.74, 6) is 1.71. The minimum atomic E-state index is 0.748. The van der Waals surface area contributed by atoms with Crippen molar-refractivity contribution >= 4 is 22.3 Å². The number of nitrogens with two attached hydrogens (primary N) is 1. The number of benzene rings is 1. The number of aromatic nitrogens is 1. The highest BCUT2D eigenvalue weighted by Gasteiger charge is 2.18. The standard InChI is InChI=1S/C17H23N3/c1-12-5-7-13(8-6-12)11-20-16-9-10-19-17-14(16)3-2-4-15(17)18/h2-4,9-10,12-13H,5-8,11,18H2,1H3,(H,19,20). The van der Waals surface area contributed by atoms with Gasteiger partial charge in [0.15, 0.2) is 0 Å². The second-order valence-electron chi connectivity index (χ2n) is 6.11. The quantitative estimate of drug-likeness (QED) is 0.826. The van der Waals surface area contributed by atoms with E-state index in [-0.39, 0.29) is 0 Å². The Kier molecular flexibility index (Phi) is 3.77. The van der Waals surface area contributed by atoms with Crippen LogP contribution in [0.1, 0.15) is 32.6 Å². The Morgan fingerprint density at radius 2 is 2.00 bits per heavy atom. The fraction of sp³-hybridized carbons (Fsp3) is 0.471. The van der Waals surface area contributed by atoms with Crippen LogP contribution in [0.3, 0.4) is 0 Å². The molecule has 1 fully saturated rings. The maximum Gasteiger partial charge on any atom is 0.0951 e. The van der Waals surface area contributed by atoms with E-state index >= 15 is 0 Å². The van der Waals surface area contributed by atoms with E-state index in [9.17, 15) is 0 Å². The maximum absolute atomic E-state index is 5.99. The van der Waals surface area contributed by atoms with Crippen LogP contribution in [0.5, 0.6) is 0 Å². The number of fused-ring (bicyclic) bond motifs is 1. The topological polar surface area (TPSA) is 50.9 Å². The molecule has 0 spiro atoms. The molecule has 1 heterocycles. The van der Waals surface area contributed by atoms with Gasteiger partial charge >= 0.3 is 0 Å². The first kappa shape index (κ1) is 13.2. The zero-order valence-electron chi connectivity index (χ0n) is 12.1. The van der Waals surface area contributed by atoms with Crippen molar-refractivity contribution in [2.24, 2.45) is 11.8 Å². The summed E-state index contributed by atoms with van der Waals surface area (Å²) in [7, 11) is 0. The van der Waals surface area contributed by atoms with Crippen LogP contribution in [0.25, 0.3) is 10.9 Å². The highest BCUT2D eigenvalue weighted by atomic mass is 14.9. The summed E-state index contributed by atoms with van der Waals surface area (Å²) in [6.45, 7) is 3.42.